The number of carbonyl (C=O) groups excluding carboxylic acids is 1. The fraction of sp³-hybridized carbons (Fsp3) is 0.474. The first-order valence-corrected chi connectivity index (χ1v) is 8.79. The quantitative estimate of drug-likeness (QED) is 0.888. The molecular weight excluding hydrogens is 300 g/mol. The van der Waals surface area contributed by atoms with Crippen molar-refractivity contribution in [1.29, 1.82) is 0 Å². The molecule has 3 rings (SSSR count). The van der Waals surface area contributed by atoms with E-state index in [0.717, 1.165) is 38.9 Å². The van der Waals surface area contributed by atoms with Gasteiger partial charge in [-0.15, -0.1) is 0 Å². The van der Waals surface area contributed by atoms with Gasteiger partial charge in [0.15, 0.2) is 0 Å². The Bertz CT molecular complexity index is 645. The third-order valence-corrected chi connectivity index (χ3v) is 4.58. The summed E-state index contributed by atoms with van der Waals surface area (Å²) >= 11 is 0. The summed E-state index contributed by atoms with van der Waals surface area (Å²) in [6.45, 7) is 4.93. The second-order valence-electron chi connectivity index (χ2n) is 6.54. The van der Waals surface area contributed by atoms with E-state index in [1.165, 1.54) is 11.3 Å². The standard InChI is InChI=1S/C19H26N4O/c1-16-5-2-6-18(15-16)22-13-8-17(9-14-22)21-19(24)7-3-11-23-12-4-10-20-23/h2,4-6,10,12,15,17H,3,7-9,11,13-14H2,1H3,(H,21,24). The first-order chi connectivity index (χ1) is 11.7. The molecule has 1 aliphatic heterocycles. The fourth-order valence-corrected chi connectivity index (χ4v) is 3.24. The van der Waals surface area contributed by atoms with Gasteiger partial charge in [-0.2, -0.15) is 5.10 Å². The Morgan fingerprint density at radius 2 is 2.12 bits per heavy atom. The Balaban J connectivity index is 1.38. The van der Waals surface area contributed by atoms with Crippen LogP contribution in [0.1, 0.15) is 31.2 Å². The van der Waals surface area contributed by atoms with Gasteiger partial charge >= 0.3 is 0 Å². The van der Waals surface area contributed by atoms with Crippen LogP contribution in [0.25, 0.3) is 0 Å². The van der Waals surface area contributed by atoms with Crippen molar-refractivity contribution in [2.24, 2.45) is 0 Å². The molecule has 5 heteroatoms. The lowest BCUT2D eigenvalue weighted by Gasteiger charge is -2.34. The van der Waals surface area contributed by atoms with E-state index in [9.17, 15) is 4.79 Å². The van der Waals surface area contributed by atoms with Gasteiger partial charge in [0.2, 0.25) is 5.91 Å². The SMILES string of the molecule is Cc1cccc(N2CCC(NC(=O)CCCn3cccn3)CC2)c1. The normalized spacial score (nSPS) is 15.5. The molecule has 2 aromatic rings. The van der Waals surface area contributed by atoms with E-state index < -0.39 is 0 Å². The number of nitrogens with zero attached hydrogens (tertiary/aromatic N) is 3. The largest absolute Gasteiger partial charge is 0.371 e. The molecule has 0 saturated carbocycles. The highest BCUT2D eigenvalue weighted by Crippen LogP contribution is 2.21. The molecule has 1 N–H and O–H groups in total. The lowest BCUT2D eigenvalue weighted by Crippen LogP contribution is -2.44. The summed E-state index contributed by atoms with van der Waals surface area (Å²) in [5.74, 6) is 0.163. The number of anilines is 1. The van der Waals surface area contributed by atoms with Gasteiger partial charge < -0.3 is 10.2 Å². The lowest BCUT2D eigenvalue weighted by molar-refractivity contribution is -0.122. The molecule has 0 bridgehead atoms. The van der Waals surface area contributed by atoms with Gasteiger partial charge in [-0.3, -0.25) is 9.48 Å². The molecule has 1 aromatic carbocycles. The minimum absolute atomic E-state index is 0.163. The van der Waals surface area contributed by atoms with Gasteiger partial charge in [0, 0.05) is 50.2 Å². The molecule has 1 amide bonds. The average Bonchev–Trinajstić information content (AvgIpc) is 3.09. The molecule has 0 unspecified atom stereocenters. The van der Waals surface area contributed by atoms with Crippen molar-refractivity contribution >= 4 is 11.6 Å². The van der Waals surface area contributed by atoms with Crippen LogP contribution < -0.4 is 10.2 Å². The number of rotatable bonds is 6. The Kier molecular flexibility index (Phi) is 5.51. The summed E-state index contributed by atoms with van der Waals surface area (Å²) in [6, 6.07) is 10.8. The molecule has 1 fully saturated rings. The number of carbonyl (C=O) groups is 1. The van der Waals surface area contributed by atoms with E-state index in [-0.39, 0.29) is 5.91 Å². The maximum atomic E-state index is 12.1. The second-order valence-corrected chi connectivity index (χ2v) is 6.54. The molecule has 1 aliphatic rings. The molecule has 0 spiro atoms. The highest BCUT2D eigenvalue weighted by Gasteiger charge is 2.20. The molecule has 0 atom stereocenters. The Labute approximate surface area is 143 Å². The average molecular weight is 326 g/mol. The van der Waals surface area contributed by atoms with Crippen LogP contribution in [0.2, 0.25) is 0 Å². The summed E-state index contributed by atoms with van der Waals surface area (Å²) in [6.07, 6.45) is 7.12. The zero-order valence-corrected chi connectivity index (χ0v) is 14.3. The van der Waals surface area contributed by atoms with Gasteiger partial charge in [-0.05, 0) is 49.9 Å². The summed E-state index contributed by atoms with van der Waals surface area (Å²) in [7, 11) is 0. The first kappa shape index (κ1) is 16.6. The van der Waals surface area contributed by atoms with Crippen LogP contribution in [-0.2, 0) is 11.3 Å². The van der Waals surface area contributed by atoms with Crippen molar-refractivity contribution in [3.05, 3.63) is 48.3 Å². The van der Waals surface area contributed by atoms with E-state index in [0.29, 0.717) is 12.5 Å². The van der Waals surface area contributed by atoms with Gasteiger partial charge in [0.1, 0.15) is 0 Å². The highest BCUT2D eigenvalue weighted by atomic mass is 16.1. The van der Waals surface area contributed by atoms with Crippen LogP contribution in [0, 0.1) is 6.92 Å². The number of nitrogens with one attached hydrogen (secondary N) is 1. The zero-order chi connectivity index (χ0) is 16.8. The number of hydrogen-bond acceptors (Lipinski definition) is 3. The Hall–Kier alpha value is -2.30. The maximum Gasteiger partial charge on any atom is 0.220 e. The van der Waals surface area contributed by atoms with E-state index in [1.54, 1.807) is 6.20 Å². The Morgan fingerprint density at radius 1 is 1.29 bits per heavy atom. The molecule has 1 aromatic heterocycles. The van der Waals surface area contributed by atoms with Crippen molar-refractivity contribution in [2.75, 3.05) is 18.0 Å². The van der Waals surface area contributed by atoms with Gasteiger partial charge in [0.05, 0.1) is 0 Å². The predicted molar refractivity (Wildman–Crippen MR) is 96.0 cm³/mol. The van der Waals surface area contributed by atoms with Crippen molar-refractivity contribution in [2.45, 2.75) is 45.2 Å². The van der Waals surface area contributed by atoms with E-state index in [1.807, 2.05) is 16.9 Å². The van der Waals surface area contributed by atoms with Crippen molar-refractivity contribution in [1.82, 2.24) is 15.1 Å². The van der Waals surface area contributed by atoms with Crippen LogP contribution >= 0.6 is 0 Å². The van der Waals surface area contributed by atoms with E-state index in [2.05, 4.69) is 46.5 Å². The maximum absolute atomic E-state index is 12.1. The number of benzene rings is 1. The minimum Gasteiger partial charge on any atom is -0.371 e. The predicted octanol–water partition coefficient (Wildman–Crippen LogP) is 2.76. The molecule has 0 aliphatic carbocycles. The molecule has 2 heterocycles. The minimum atomic E-state index is 0.163. The fourth-order valence-electron chi connectivity index (χ4n) is 3.24. The smallest absolute Gasteiger partial charge is 0.220 e. The van der Waals surface area contributed by atoms with Crippen LogP contribution in [-0.4, -0.2) is 34.8 Å². The summed E-state index contributed by atoms with van der Waals surface area (Å²) < 4.78 is 1.87. The molecule has 128 valence electrons. The highest BCUT2D eigenvalue weighted by molar-refractivity contribution is 5.76. The Morgan fingerprint density at radius 3 is 2.83 bits per heavy atom. The topological polar surface area (TPSA) is 50.2 Å². The monoisotopic (exact) mass is 326 g/mol. The van der Waals surface area contributed by atoms with Crippen LogP contribution in [0.5, 0.6) is 0 Å². The second kappa shape index (κ2) is 7.99. The first-order valence-electron chi connectivity index (χ1n) is 8.79. The third-order valence-electron chi connectivity index (χ3n) is 4.58. The van der Waals surface area contributed by atoms with Gasteiger partial charge in [0.25, 0.3) is 0 Å². The van der Waals surface area contributed by atoms with Gasteiger partial charge in [-0.25, -0.2) is 0 Å². The van der Waals surface area contributed by atoms with Crippen molar-refractivity contribution in [3.63, 3.8) is 0 Å². The molecular formula is C19H26N4O. The molecule has 24 heavy (non-hydrogen) atoms. The molecule has 0 radical (unpaired) electrons. The number of hydrogen-bond donors (Lipinski definition) is 1. The molecule has 5 nitrogen and oxygen atoms in total. The van der Waals surface area contributed by atoms with Gasteiger partial charge in [-0.1, -0.05) is 12.1 Å². The summed E-state index contributed by atoms with van der Waals surface area (Å²) in [5.41, 5.74) is 2.58. The third kappa shape index (κ3) is 4.60. The number of piperidine rings is 1. The lowest BCUT2D eigenvalue weighted by atomic mass is 10.0. The van der Waals surface area contributed by atoms with Crippen molar-refractivity contribution < 1.29 is 4.79 Å². The van der Waals surface area contributed by atoms with Crippen LogP contribution in [0.15, 0.2) is 42.7 Å². The van der Waals surface area contributed by atoms with Crippen molar-refractivity contribution in [3.8, 4) is 0 Å². The summed E-state index contributed by atoms with van der Waals surface area (Å²) in [4.78, 5) is 14.5. The van der Waals surface area contributed by atoms with E-state index in [4.69, 9.17) is 0 Å². The summed E-state index contributed by atoms with van der Waals surface area (Å²) in [5, 5.41) is 7.34. The molecule has 1 saturated heterocycles. The van der Waals surface area contributed by atoms with Crippen LogP contribution in [0.3, 0.4) is 0 Å². The number of amides is 1. The van der Waals surface area contributed by atoms with E-state index >= 15 is 0 Å². The van der Waals surface area contributed by atoms with Crippen LogP contribution in [0.4, 0.5) is 5.69 Å². The zero-order valence-electron chi connectivity index (χ0n) is 14.3. The number of aromatic nitrogens is 2. The number of aryl methyl sites for hydroxylation is 2.